The fourth-order valence-electron chi connectivity index (χ4n) is 4.44. The lowest BCUT2D eigenvalue weighted by Crippen LogP contribution is -2.48. The van der Waals surface area contributed by atoms with E-state index in [0.29, 0.717) is 49.2 Å². The highest BCUT2D eigenvalue weighted by atomic mass is 32.2. The summed E-state index contributed by atoms with van der Waals surface area (Å²) < 4.78 is 32.0. The smallest absolute Gasteiger partial charge is 0.246 e. The Morgan fingerprint density at radius 1 is 1.07 bits per heavy atom. The molecule has 1 saturated carbocycles. The van der Waals surface area contributed by atoms with Crippen molar-refractivity contribution in [1.82, 2.24) is 23.5 Å². The minimum Gasteiger partial charge on any atom is -0.368 e. The molecule has 3 aromatic heterocycles. The third kappa shape index (κ3) is 3.20. The van der Waals surface area contributed by atoms with Crippen molar-refractivity contribution >= 4 is 21.4 Å². The minimum atomic E-state index is -3.54. The predicted molar refractivity (Wildman–Crippen MR) is 116 cm³/mol. The van der Waals surface area contributed by atoms with Gasteiger partial charge in [-0.25, -0.2) is 13.4 Å². The van der Waals surface area contributed by atoms with Gasteiger partial charge < -0.3 is 9.30 Å². The van der Waals surface area contributed by atoms with Crippen molar-refractivity contribution in [3.63, 3.8) is 0 Å². The van der Waals surface area contributed by atoms with E-state index in [2.05, 4.69) is 38.9 Å². The van der Waals surface area contributed by atoms with Gasteiger partial charge in [-0.2, -0.15) is 9.40 Å². The molecule has 0 amide bonds. The quantitative estimate of drug-likeness (QED) is 0.624. The number of hydrogen-bond donors (Lipinski definition) is 0. The Morgan fingerprint density at radius 3 is 2.43 bits per heavy atom. The lowest BCUT2D eigenvalue weighted by atomic mass is 10.3. The van der Waals surface area contributed by atoms with Gasteiger partial charge in [-0.3, -0.25) is 4.68 Å². The number of aromatic nitrogens is 4. The molecule has 1 aliphatic heterocycles. The Balaban J connectivity index is 1.33. The number of piperazine rings is 1. The van der Waals surface area contributed by atoms with Crippen LogP contribution in [0.2, 0.25) is 0 Å². The Kier molecular flexibility index (Phi) is 4.62. The average Bonchev–Trinajstić information content (AvgIpc) is 3.43. The molecule has 1 aliphatic carbocycles. The molecular formula is C21H28N6O2S. The summed E-state index contributed by atoms with van der Waals surface area (Å²) in [4.78, 5) is 7.33. The van der Waals surface area contributed by atoms with Gasteiger partial charge in [0.15, 0.2) is 0 Å². The van der Waals surface area contributed by atoms with Gasteiger partial charge in [0.05, 0.1) is 22.8 Å². The molecule has 5 rings (SSSR count). The number of sulfonamides is 1. The molecule has 3 aromatic rings. The number of pyridine rings is 1. The normalized spacial score (nSPS) is 18.4. The largest absolute Gasteiger partial charge is 0.368 e. The van der Waals surface area contributed by atoms with Crippen molar-refractivity contribution in [3.8, 4) is 0 Å². The maximum Gasteiger partial charge on any atom is 0.246 e. The van der Waals surface area contributed by atoms with E-state index in [-0.39, 0.29) is 0 Å². The topological polar surface area (TPSA) is 75.7 Å². The molecular weight excluding hydrogens is 400 g/mol. The summed E-state index contributed by atoms with van der Waals surface area (Å²) in [7, 11) is -3.54. The van der Waals surface area contributed by atoms with Crippen LogP contribution < -0.4 is 4.90 Å². The van der Waals surface area contributed by atoms with Gasteiger partial charge >= 0.3 is 0 Å². The molecule has 8 nitrogen and oxygen atoms in total. The van der Waals surface area contributed by atoms with Crippen molar-refractivity contribution in [2.75, 3.05) is 31.1 Å². The second-order valence-corrected chi connectivity index (χ2v) is 10.2. The van der Waals surface area contributed by atoms with Gasteiger partial charge in [-0.05, 0) is 45.7 Å². The highest BCUT2D eigenvalue weighted by molar-refractivity contribution is 7.89. The molecule has 160 valence electrons. The monoisotopic (exact) mass is 428 g/mol. The SMILES string of the molecule is CCn1nc(C)c(S(=O)(=O)N2CCN(c3ccc4nc(C5CC5)cn4c3)CC2)c1C. The fraction of sp³-hybridized carbons (Fsp3) is 0.524. The van der Waals surface area contributed by atoms with Crippen molar-refractivity contribution in [2.24, 2.45) is 0 Å². The third-order valence-electron chi connectivity index (χ3n) is 6.27. The number of anilines is 1. The Labute approximate surface area is 177 Å². The lowest BCUT2D eigenvalue weighted by molar-refractivity contribution is 0.384. The van der Waals surface area contributed by atoms with E-state index >= 15 is 0 Å². The number of hydrogen-bond acceptors (Lipinski definition) is 5. The van der Waals surface area contributed by atoms with Crippen molar-refractivity contribution in [2.45, 2.75) is 51.0 Å². The molecule has 0 bridgehead atoms. The van der Waals surface area contributed by atoms with Gasteiger partial charge in [0, 0.05) is 51.0 Å². The zero-order valence-corrected chi connectivity index (χ0v) is 18.6. The molecule has 9 heteroatoms. The number of aryl methyl sites for hydroxylation is 2. The average molecular weight is 429 g/mol. The molecule has 0 unspecified atom stereocenters. The first-order valence-corrected chi connectivity index (χ1v) is 12.1. The van der Waals surface area contributed by atoms with Crippen LogP contribution in [0.1, 0.15) is 42.8 Å². The molecule has 0 aromatic carbocycles. The van der Waals surface area contributed by atoms with E-state index in [1.165, 1.54) is 18.5 Å². The van der Waals surface area contributed by atoms with Gasteiger partial charge in [0.2, 0.25) is 10.0 Å². The van der Waals surface area contributed by atoms with Crippen LogP contribution in [0.15, 0.2) is 29.4 Å². The van der Waals surface area contributed by atoms with Crippen molar-refractivity contribution in [1.29, 1.82) is 0 Å². The summed E-state index contributed by atoms with van der Waals surface area (Å²) in [6.07, 6.45) is 6.72. The van der Waals surface area contributed by atoms with Crippen molar-refractivity contribution in [3.05, 3.63) is 41.6 Å². The summed E-state index contributed by atoms with van der Waals surface area (Å²) in [5.41, 5.74) is 4.55. The van der Waals surface area contributed by atoms with Gasteiger partial charge in [-0.15, -0.1) is 0 Å². The van der Waals surface area contributed by atoms with Gasteiger partial charge in [-0.1, -0.05) is 0 Å². The number of nitrogens with zero attached hydrogens (tertiary/aromatic N) is 6. The Bertz CT molecular complexity index is 1200. The first kappa shape index (κ1) is 19.6. The minimum absolute atomic E-state index is 0.366. The second kappa shape index (κ2) is 7.09. The molecule has 0 N–H and O–H groups in total. The van der Waals surface area contributed by atoms with E-state index in [0.717, 1.165) is 17.0 Å². The van der Waals surface area contributed by atoms with Crippen LogP contribution in [0.25, 0.3) is 5.65 Å². The van der Waals surface area contributed by atoms with E-state index in [9.17, 15) is 8.42 Å². The van der Waals surface area contributed by atoms with Crippen LogP contribution in [-0.2, 0) is 16.6 Å². The maximum absolute atomic E-state index is 13.3. The molecule has 2 fully saturated rings. The van der Waals surface area contributed by atoms with Crippen LogP contribution >= 0.6 is 0 Å². The molecule has 0 radical (unpaired) electrons. The van der Waals surface area contributed by atoms with E-state index in [1.54, 1.807) is 15.9 Å². The van der Waals surface area contributed by atoms with Gasteiger partial charge in [0.25, 0.3) is 0 Å². The second-order valence-electron chi connectivity index (χ2n) is 8.30. The molecule has 1 saturated heterocycles. The highest BCUT2D eigenvalue weighted by Crippen LogP contribution is 2.39. The predicted octanol–water partition coefficient (Wildman–Crippen LogP) is 2.56. The third-order valence-corrected chi connectivity index (χ3v) is 8.42. The number of rotatable bonds is 5. The van der Waals surface area contributed by atoms with Crippen LogP contribution in [0.5, 0.6) is 0 Å². The van der Waals surface area contributed by atoms with Crippen LogP contribution in [-0.4, -0.2) is 58.1 Å². The fourth-order valence-corrected chi connectivity index (χ4v) is 6.24. The summed E-state index contributed by atoms with van der Waals surface area (Å²) >= 11 is 0. The molecule has 0 spiro atoms. The molecule has 4 heterocycles. The zero-order valence-electron chi connectivity index (χ0n) is 17.7. The summed E-state index contributed by atoms with van der Waals surface area (Å²) in [6, 6.07) is 4.14. The molecule has 2 aliphatic rings. The van der Waals surface area contributed by atoms with Crippen LogP contribution in [0.4, 0.5) is 5.69 Å². The maximum atomic E-state index is 13.3. The Morgan fingerprint density at radius 2 is 1.80 bits per heavy atom. The van der Waals surface area contributed by atoms with Crippen molar-refractivity contribution < 1.29 is 8.42 Å². The van der Waals surface area contributed by atoms with Gasteiger partial charge in [0.1, 0.15) is 10.5 Å². The first-order chi connectivity index (χ1) is 14.4. The van der Waals surface area contributed by atoms with Crippen LogP contribution in [0.3, 0.4) is 0 Å². The molecule has 0 atom stereocenters. The number of fused-ring (bicyclic) bond motifs is 1. The Hall–Kier alpha value is -2.39. The lowest BCUT2D eigenvalue weighted by Gasteiger charge is -2.35. The summed E-state index contributed by atoms with van der Waals surface area (Å²) in [5, 5.41) is 4.39. The first-order valence-electron chi connectivity index (χ1n) is 10.7. The molecule has 30 heavy (non-hydrogen) atoms. The number of imidazole rings is 1. The standard InChI is InChI=1S/C21H28N6O2S/c1-4-27-16(3)21(15(2)23-27)30(28,29)26-11-9-24(10-12-26)18-7-8-20-22-19(17-5-6-17)14-25(20)13-18/h7-8,13-14,17H,4-6,9-12H2,1-3H3. The highest BCUT2D eigenvalue weighted by Gasteiger charge is 2.33. The zero-order chi connectivity index (χ0) is 21.0. The van der Waals surface area contributed by atoms with E-state index < -0.39 is 10.0 Å². The summed E-state index contributed by atoms with van der Waals surface area (Å²) in [6.45, 7) is 8.50. The van der Waals surface area contributed by atoms with Crippen LogP contribution in [0, 0.1) is 13.8 Å². The summed E-state index contributed by atoms with van der Waals surface area (Å²) in [5.74, 6) is 0.631. The van der Waals surface area contributed by atoms with E-state index in [1.807, 2.05) is 13.8 Å². The van der Waals surface area contributed by atoms with E-state index in [4.69, 9.17) is 4.98 Å².